The van der Waals surface area contributed by atoms with E-state index >= 15 is 0 Å². The molecule has 0 unspecified atom stereocenters. The molecule has 1 aliphatic heterocycles. The van der Waals surface area contributed by atoms with Gasteiger partial charge in [0.25, 0.3) is 0 Å². The number of rotatable bonds is 4. The van der Waals surface area contributed by atoms with E-state index in [1.165, 1.54) is 18.2 Å². The maximum Gasteiger partial charge on any atom is 0.246 e. The average Bonchev–Trinajstić information content (AvgIpc) is 2.85. The van der Waals surface area contributed by atoms with Gasteiger partial charge < -0.3 is 25.8 Å². The predicted molar refractivity (Wildman–Crippen MR) is 113 cm³/mol. The van der Waals surface area contributed by atoms with Gasteiger partial charge in [0.1, 0.15) is 12.4 Å². The van der Waals surface area contributed by atoms with E-state index in [1.54, 1.807) is 24.3 Å². The Kier molecular flexibility index (Phi) is 7.65. The van der Waals surface area contributed by atoms with Crippen molar-refractivity contribution >= 4 is 47.2 Å². The average molecular weight is 486 g/mol. The van der Waals surface area contributed by atoms with Gasteiger partial charge in [-0.15, -0.1) is 24.0 Å². The Morgan fingerprint density at radius 2 is 1.81 bits per heavy atom. The topological polar surface area (TPSA) is 98.0 Å². The van der Waals surface area contributed by atoms with Gasteiger partial charge in [-0.2, -0.15) is 0 Å². The fourth-order valence-corrected chi connectivity index (χ4v) is 2.35. The first-order valence-electron chi connectivity index (χ1n) is 8.12. The lowest BCUT2D eigenvalue weighted by Crippen LogP contribution is -2.25. The molecule has 0 bridgehead atoms. The lowest BCUT2D eigenvalue weighted by molar-refractivity contribution is -0.114. The number of amides is 1. The molecule has 3 rings (SSSR count). The van der Waals surface area contributed by atoms with Crippen molar-refractivity contribution in [3.8, 4) is 11.5 Å². The van der Waals surface area contributed by atoms with E-state index in [0.29, 0.717) is 36.1 Å². The molecule has 0 radical (unpaired) electrons. The Labute approximate surface area is 173 Å². The van der Waals surface area contributed by atoms with E-state index in [0.717, 1.165) is 6.42 Å². The summed E-state index contributed by atoms with van der Waals surface area (Å²) < 4.78 is 24.3. The van der Waals surface area contributed by atoms with E-state index in [9.17, 15) is 9.18 Å². The van der Waals surface area contributed by atoms with Gasteiger partial charge in [-0.1, -0.05) is 6.07 Å². The van der Waals surface area contributed by atoms with E-state index < -0.39 is 11.7 Å². The third kappa shape index (κ3) is 6.27. The molecule has 0 aromatic heterocycles. The number of anilines is 2. The van der Waals surface area contributed by atoms with Crippen LogP contribution in [0.2, 0.25) is 0 Å². The summed E-state index contributed by atoms with van der Waals surface area (Å²) in [5.74, 6) is 0.553. The van der Waals surface area contributed by atoms with Gasteiger partial charge >= 0.3 is 0 Å². The molecule has 144 valence electrons. The standard InChI is InChI=1S/C18H19FN4O3.HI/c19-12-3-1-4-13(9-12)22-17(24)11-21-18(20)23-14-5-6-15-16(10-14)26-8-2-7-25-15;/h1,3-6,9-10H,2,7-8,11H2,(H,22,24)(H3,20,21,23);1H. The van der Waals surface area contributed by atoms with Gasteiger partial charge in [0, 0.05) is 23.9 Å². The van der Waals surface area contributed by atoms with Crippen molar-refractivity contribution in [2.24, 2.45) is 10.7 Å². The lowest BCUT2D eigenvalue weighted by atomic mass is 10.3. The smallest absolute Gasteiger partial charge is 0.246 e. The van der Waals surface area contributed by atoms with Crippen LogP contribution in [-0.2, 0) is 4.79 Å². The summed E-state index contributed by atoms with van der Waals surface area (Å²) in [4.78, 5) is 15.8. The molecule has 2 aromatic rings. The molecule has 1 heterocycles. The molecule has 1 aliphatic rings. The number of benzene rings is 2. The minimum atomic E-state index is -0.429. The van der Waals surface area contributed by atoms with Crippen LogP contribution in [0.1, 0.15) is 6.42 Å². The number of hydrogen-bond acceptors (Lipinski definition) is 4. The van der Waals surface area contributed by atoms with Crippen LogP contribution in [0.5, 0.6) is 11.5 Å². The molecule has 0 saturated carbocycles. The number of guanidine groups is 1. The molecule has 0 fully saturated rings. The van der Waals surface area contributed by atoms with Crippen molar-refractivity contribution < 1.29 is 18.7 Å². The monoisotopic (exact) mass is 486 g/mol. The Morgan fingerprint density at radius 1 is 1.07 bits per heavy atom. The van der Waals surface area contributed by atoms with Gasteiger partial charge in [-0.3, -0.25) is 4.79 Å². The van der Waals surface area contributed by atoms with Gasteiger partial charge in [-0.25, -0.2) is 9.38 Å². The van der Waals surface area contributed by atoms with Crippen molar-refractivity contribution in [2.45, 2.75) is 6.42 Å². The highest BCUT2D eigenvalue weighted by Crippen LogP contribution is 2.32. The van der Waals surface area contributed by atoms with Gasteiger partial charge in [0.2, 0.25) is 5.91 Å². The van der Waals surface area contributed by atoms with Crippen LogP contribution < -0.4 is 25.8 Å². The molecule has 0 aliphatic carbocycles. The van der Waals surface area contributed by atoms with Gasteiger partial charge in [0.15, 0.2) is 17.5 Å². The van der Waals surface area contributed by atoms with E-state index in [4.69, 9.17) is 15.2 Å². The molecule has 9 heteroatoms. The van der Waals surface area contributed by atoms with Crippen molar-refractivity contribution in [3.05, 3.63) is 48.3 Å². The molecule has 7 nitrogen and oxygen atoms in total. The number of nitrogens with one attached hydrogen (secondary N) is 2. The zero-order chi connectivity index (χ0) is 18.4. The molecule has 0 spiro atoms. The zero-order valence-corrected chi connectivity index (χ0v) is 16.7. The second kappa shape index (κ2) is 9.95. The molecule has 27 heavy (non-hydrogen) atoms. The third-order valence-electron chi connectivity index (χ3n) is 3.52. The summed E-state index contributed by atoms with van der Waals surface area (Å²) in [5.41, 5.74) is 6.83. The van der Waals surface area contributed by atoms with Crippen molar-refractivity contribution in [3.63, 3.8) is 0 Å². The van der Waals surface area contributed by atoms with Crippen molar-refractivity contribution in [2.75, 3.05) is 30.4 Å². The maximum absolute atomic E-state index is 13.1. The SMILES string of the molecule is I.NC(=NCC(=O)Nc1cccc(F)c1)Nc1ccc2c(c1)OCCCO2. The summed E-state index contributed by atoms with van der Waals surface area (Å²) >= 11 is 0. The van der Waals surface area contributed by atoms with Crippen LogP contribution >= 0.6 is 24.0 Å². The number of nitrogens with zero attached hydrogens (tertiary/aromatic N) is 1. The molecule has 4 N–H and O–H groups in total. The molecular weight excluding hydrogens is 466 g/mol. The first-order valence-corrected chi connectivity index (χ1v) is 8.12. The van der Waals surface area contributed by atoms with Crippen molar-refractivity contribution in [1.82, 2.24) is 0 Å². The second-order valence-electron chi connectivity index (χ2n) is 5.60. The summed E-state index contributed by atoms with van der Waals surface area (Å²) in [6.07, 6.45) is 0.821. The molecule has 0 atom stereocenters. The third-order valence-corrected chi connectivity index (χ3v) is 3.52. The largest absolute Gasteiger partial charge is 0.490 e. The number of aliphatic imine (C=N–C) groups is 1. The number of fused-ring (bicyclic) bond motifs is 1. The zero-order valence-electron chi connectivity index (χ0n) is 14.4. The molecule has 0 saturated heterocycles. The number of nitrogens with two attached hydrogens (primary N) is 1. The summed E-state index contributed by atoms with van der Waals surface area (Å²) in [6.45, 7) is 1.00. The van der Waals surface area contributed by atoms with Gasteiger partial charge in [0.05, 0.1) is 13.2 Å². The predicted octanol–water partition coefficient (Wildman–Crippen LogP) is 2.97. The molecule has 1 amide bonds. The number of hydrogen-bond donors (Lipinski definition) is 3. The van der Waals surface area contributed by atoms with E-state index in [2.05, 4.69) is 15.6 Å². The number of carbonyl (C=O) groups is 1. The van der Waals surface area contributed by atoms with Gasteiger partial charge in [-0.05, 0) is 30.3 Å². The van der Waals surface area contributed by atoms with Crippen LogP contribution in [0, 0.1) is 5.82 Å². The van der Waals surface area contributed by atoms with E-state index in [-0.39, 0.29) is 36.5 Å². The number of ether oxygens (including phenoxy) is 2. The van der Waals surface area contributed by atoms with Crippen LogP contribution in [0.3, 0.4) is 0 Å². The van der Waals surface area contributed by atoms with Crippen LogP contribution in [0.25, 0.3) is 0 Å². The van der Waals surface area contributed by atoms with Crippen LogP contribution in [0.15, 0.2) is 47.5 Å². The first-order chi connectivity index (χ1) is 12.6. The summed E-state index contributed by atoms with van der Waals surface area (Å²) in [5, 5.41) is 5.44. The van der Waals surface area contributed by atoms with Crippen molar-refractivity contribution in [1.29, 1.82) is 0 Å². The highest BCUT2D eigenvalue weighted by Gasteiger charge is 2.11. The Morgan fingerprint density at radius 3 is 2.59 bits per heavy atom. The van der Waals surface area contributed by atoms with E-state index in [1.807, 2.05) is 0 Å². The molecule has 2 aromatic carbocycles. The maximum atomic E-state index is 13.1. The normalized spacial score (nSPS) is 13.1. The minimum Gasteiger partial charge on any atom is -0.490 e. The lowest BCUT2D eigenvalue weighted by Gasteiger charge is -2.10. The Balaban J connectivity index is 0.00000261. The Bertz CT molecular complexity index is 832. The summed E-state index contributed by atoms with van der Waals surface area (Å²) in [6, 6.07) is 10.9. The van der Waals surface area contributed by atoms with Crippen LogP contribution in [0.4, 0.5) is 15.8 Å². The van der Waals surface area contributed by atoms with Crippen LogP contribution in [-0.4, -0.2) is 31.6 Å². The quantitative estimate of drug-likeness (QED) is 0.351. The highest BCUT2D eigenvalue weighted by atomic mass is 127. The first kappa shape index (κ1) is 20.7. The number of carbonyl (C=O) groups excluding carboxylic acids is 1. The highest BCUT2D eigenvalue weighted by molar-refractivity contribution is 14.0. The summed E-state index contributed by atoms with van der Waals surface area (Å²) in [7, 11) is 0. The number of halogens is 2. The molecular formula is C18H20FIN4O3. The fraction of sp³-hybridized carbons (Fsp3) is 0.222. The second-order valence-corrected chi connectivity index (χ2v) is 5.60. The fourth-order valence-electron chi connectivity index (χ4n) is 2.35. The Hall–Kier alpha value is -2.56. The minimum absolute atomic E-state index is 0.